The van der Waals surface area contributed by atoms with Gasteiger partial charge in [0.15, 0.2) is 0 Å². The van der Waals surface area contributed by atoms with Gasteiger partial charge in [-0.3, -0.25) is 0 Å². The first-order chi connectivity index (χ1) is 7.34. The molecular formula is C12H21N3. The van der Waals surface area contributed by atoms with E-state index in [4.69, 9.17) is 11.5 Å². The summed E-state index contributed by atoms with van der Waals surface area (Å²) in [6.45, 7) is 5.33. The van der Waals surface area contributed by atoms with E-state index in [0.29, 0.717) is 6.54 Å². The van der Waals surface area contributed by atoms with Crippen molar-refractivity contribution in [2.75, 3.05) is 24.1 Å². The minimum atomic E-state index is 0.575. The van der Waals surface area contributed by atoms with E-state index in [0.717, 1.165) is 17.9 Å². The third kappa shape index (κ3) is 5.75. The molecule has 0 bridgehead atoms. The molecule has 0 heterocycles. The van der Waals surface area contributed by atoms with Gasteiger partial charge in [0.1, 0.15) is 0 Å². The van der Waals surface area contributed by atoms with Gasteiger partial charge in [-0.25, -0.2) is 0 Å². The number of hydrogen-bond donors (Lipinski definition) is 3. The van der Waals surface area contributed by atoms with E-state index in [-0.39, 0.29) is 0 Å². The fourth-order valence-corrected chi connectivity index (χ4v) is 1.01. The lowest BCUT2D eigenvalue weighted by molar-refractivity contribution is 1.22. The van der Waals surface area contributed by atoms with Crippen LogP contribution in [0.1, 0.15) is 13.8 Å². The molecule has 3 nitrogen and oxygen atoms in total. The lowest BCUT2D eigenvalue weighted by Gasteiger charge is -2.05. The van der Waals surface area contributed by atoms with Gasteiger partial charge in [-0.05, 0) is 12.1 Å². The van der Waals surface area contributed by atoms with Crippen LogP contribution in [0.4, 0.5) is 11.4 Å². The molecule has 0 fully saturated rings. The molecule has 0 aliphatic heterocycles. The number of hydrogen-bond acceptors (Lipinski definition) is 3. The average Bonchev–Trinajstić information content (AvgIpc) is 2.29. The van der Waals surface area contributed by atoms with Gasteiger partial charge in [-0.15, -0.1) is 0 Å². The predicted molar refractivity (Wildman–Crippen MR) is 68.9 cm³/mol. The number of nitrogens with one attached hydrogen (secondary N) is 1. The van der Waals surface area contributed by atoms with Crippen molar-refractivity contribution < 1.29 is 0 Å². The minimum absolute atomic E-state index is 0.575. The summed E-state index contributed by atoms with van der Waals surface area (Å²) in [5.41, 5.74) is 12.8. The van der Waals surface area contributed by atoms with Crippen LogP contribution in [0.25, 0.3) is 0 Å². The molecule has 3 heteroatoms. The Morgan fingerprint density at radius 3 is 2.47 bits per heavy atom. The lowest BCUT2D eigenvalue weighted by Crippen LogP contribution is -2.02. The number of nitrogen functional groups attached to an aromatic ring is 1. The predicted octanol–water partition coefficient (Wildman–Crippen LogP) is 2.22. The van der Waals surface area contributed by atoms with E-state index in [9.17, 15) is 0 Å². The Hall–Kier alpha value is -1.48. The summed E-state index contributed by atoms with van der Waals surface area (Å²) in [4.78, 5) is 0. The standard InChI is InChI=1S/C10H15N3.C2H6/c11-7-3-4-8-13-10-6-2-1-5-9(10)12;1-2/h1-6,13H,7-8,11-12H2;1-2H3/b4-3+;. The van der Waals surface area contributed by atoms with Crippen LogP contribution < -0.4 is 16.8 Å². The molecule has 1 rings (SSSR count). The zero-order chi connectivity index (χ0) is 11.5. The van der Waals surface area contributed by atoms with Crippen molar-refractivity contribution in [3.63, 3.8) is 0 Å². The zero-order valence-corrected chi connectivity index (χ0v) is 9.53. The van der Waals surface area contributed by atoms with Gasteiger partial charge in [-0.2, -0.15) is 0 Å². The molecule has 0 saturated heterocycles. The number of anilines is 2. The van der Waals surface area contributed by atoms with Crippen LogP contribution in [-0.4, -0.2) is 13.1 Å². The molecule has 0 aliphatic carbocycles. The van der Waals surface area contributed by atoms with Gasteiger partial charge >= 0.3 is 0 Å². The quantitative estimate of drug-likeness (QED) is 0.524. The van der Waals surface area contributed by atoms with E-state index < -0.39 is 0 Å². The maximum atomic E-state index is 5.72. The van der Waals surface area contributed by atoms with Crippen LogP contribution in [-0.2, 0) is 0 Å². The maximum absolute atomic E-state index is 5.72. The van der Waals surface area contributed by atoms with Crippen molar-refractivity contribution in [1.29, 1.82) is 0 Å². The Bertz CT molecular complexity index is 282. The van der Waals surface area contributed by atoms with Gasteiger partial charge in [0.2, 0.25) is 0 Å². The van der Waals surface area contributed by atoms with Gasteiger partial charge in [0.25, 0.3) is 0 Å². The van der Waals surface area contributed by atoms with Crippen LogP contribution >= 0.6 is 0 Å². The normalized spacial score (nSPS) is 9.53. The molecule has 0 saturated carbocycles. The van der Waals surface area contributed by atoms with Crippen molar-refractivity contribution in [1.82, 2.24) is 0 Å². The van der Waals surface area contributed by atoms with Crippen molar-refractivity contribution in [3.8, 4) is 0 Å². The highest BCUT2D eigenvalue weighted by molar-refractivity contribution is 5.65. The molecule has 84 valence electrons. The van der Waals surface area contributed by atoms with Crippen molar-refractivity contribution in [3.05, 3.63) is 36.4 Å². The maximum Gasteiger partial charge on any atom is 0.0576 e. The Labute approximate surface area is 92.2 Å². The molecule has 0 spiro atoms. The first kappa shape index (κ1) is 13.5. The number of para-hydroxylation sites is 2. The first-order valence-corrected chi connectivity index (χ1v) is 5.28. The molecule has 0 atom stereocenters. The van der Waals surface area contributed by atoms with Crippen LogP contribution in [0, 0.1) is 0 Å². The molecule has 0 aromatic heterocycles. The number of nitrogens with two attached hydrogens (primary N) is 2. The van der Waals surface area contributed by atoms with Gasteiger partial charge in [-0.1, -0.05) is 38.1 Å². The summed E-state index contributed by atoms with van der Waals surface area (Å²) in [6, 6.07) is 7.68. The van der Waals surface area contributed by atoms with Gasteiger partial charge in [0, 0.05) is 13.1 Å². The highest BCUT2D eigenvalue weighted by atomic mass is 14.9. The Kier molecular flexibility index (Phi) is 8.19. The second kappa shape index (κ2) is 9.09. The first-order valence-electron chi connectivity index (χ1n) is 5.28. The Balaban J connectivity index is 0.000000921. The highest BCUT2D eigenvalue weighted by Gasteiger charge is 1.92. The van der Waals surface area contributed by atoms with E-state index in [2.05, 4.69) is 5.32 Å². The van der Waals surface area contributed by atoms with Crippen molar-refractivity contribution in [2.45, 2.75) is 13.8 Å². The van der Waals surface area contributed by atoms with Gasteiger partial charge in [0.05, 0.1) is 11.4 Å². The third-order valence-corrected chi connectivity index (χ3v) is 1.67. The molecule has 15 heavy (non-hydrogen) atoms. The SMILES string of the molecule is CC.NC/C=C/CNc1ccccc1N. The van der Waals surface area contributed by atoms with Crippen molar-refractivity contribution >= 4 is 11.4 Å². The molecule has 0 radical (unpaired) electrons. The summed E-state index contributed by atoms with van der Waals surface area (Å²) in [5.74, 6) is 0. The van der Waals surface area contributed by atoms with Gasteiger partial charge < -0.3 is 16.8 Å². The van der Waals surface area contributed by atoms with Crippen molar-refractivity contribution in [2.24, 2.45) is 5.73 Å². The third-order valence-electron chi connectivity index (χ3n) is 1.67. The molecule has 0 amide bonds. The van der Waals surface area contributed by atoms with Crippen LogP contribution in [0.2, 0.25) is 0 Å². The summed E-state index contributed by atoms with van der Waals surface area (Å²) < 4.78 is 0. The van der Waals surface area contributed by atoms with E-state index >= 15 is 0 Å². The number of rotatable bonds is 4. The monoisotopic (exact) mass is 207 g/mol. The Morgan fingerprint density at radius 1 is 1.20 bits per heavy atom. The van der Waals surface area contributed by atoms with Crippen LogP contribution in [0.15, 0.2) is 36.4 Å². The summed E-state index contributed by atoms with van der Waals surface area (Å²) in [7, 11) is 0. The summed E-state index contributed by atoms with van der Waals surface area (Å²) in [6.07, 6.45) is 3.89. The number of benzene rings is 1. The van der Waals surface area contributed by atoms with Crippen LogP contribution in [0.3, 0.4) is 0 Å². The molecular weight excluding hydrogens is 186 g/mol. The van der Waals surface area contributed by atoms with E-state index in [1.807, 2.05) is 50.3 Å². The molecule has 1 aromatic rings. The smallest absolute Gasteiger partial charge is 0.0576 e. The Morgan fingerprint density at radius 2 is 1.87 bits per heavy atom. The summed E-state index contributed by atoms with van der Waals surface area (Å²) >= 11 is 0. The molecule has 5 N–H and O–H groups in total. The molecule has 0 unspecified atom stereocenters. The average molecular weight is 207 g/mol. The second-order valence-electron chi connectivity index (χ2n) is 2.68. The fraction of sp³-hybridized carbons (Fsp3) is 0.333. The largest absolute Gasteiger partial charge is 0.397 e. The second-order valence-corrected chi connectivity index (χ2v) is 2.68. The topological polar surface area (TPSA) is 64.1 Å². The molecule has 1 aromatic carbocycles. The minimum Gasteiger partial charge on any atom is -0.397 e. The zero-order valence-electron chi connectivity index (χ0n) is 9.53. The van der Waals surface area contributed by atoms with E-state index in [1.54, 1.807) is 0 Å². The lowest BCUT2D eigenvalue weighted by atomic mass is 10.2. The molecule has 0 aliphatic rings. The van der Waals surface area contributed by atoms with E-state index in [1.165, 1.54) is 0 Å². The fourth-order valence-electron chi connectivity index (χ4n) is 1.01. The summed E-state index contributed by atoms with van der Waals surface area (Å²) in [5, 5.41) is 3.18. The highest BCUT2D eigenvalue weighted by Crippen LogP contribution is 2.15. The van der Waals surface area contributed by atoms with Crippen LogP contribution in [0.5, 0.6) is 0 Å².